The van der Waals surface area contributed by atoms with E-state index in [1.54, 1.807) is 20.8 Å². The molecule has 0 spiro atoms. The molecule has 0 aromatic rings. The van der Waals surface area contributed by atoms with Crippen molar-refractivity contribution in [3.63, 3.8) is 0 Å². The Bertz CT molecular complexity index is 394. The Kier molecular flexibility index (Phi) is 3.88. The number of cyclic esters (lactones) is 1. The molecule has 1 aliphatic rings. The molecule has 1 rings (SSSR count). The first-order chi connectivity index (χ1) is 7.57. The van der Waals surface area contributed by atoms with Crippen LogP contribution in [0.2, 0.25) is 0 Å². The lowest BCUT2D eigenvalue weighted by Crippen LogP contribution is -2.47. The molecule has 0 unspecified atom stereocenters. The molecule has 100 valence electrons. The van der Waals surface area contributed by atoms with E-state index >= 15 is 0 Å². The number of carbonyl (C=O) groups excluding carboxylic acids is 1. The van der Waals surface area contributed by atoms with E-state index in [2.05, 4.69) is 0 Å². The van der Waals surface area contributed by atoms with Crippen molar-refractivity contribution >= 4 is 16.0 Å². The summed E-state index contributed by atoms with van der Waals surface area (Å²) in [6, 6.07) is -0.667. The van der Waals surface area contributed by atoms with Crippen molar-refractivity contribution in [1.82, 2.24) is 4.31 Å². The lowest BCUT2D eigenvalue weighted by molar-refractivity contribution is -0.139. The zero-order valence-corrected chi connectivity index (χ0v) is 11.9. The van der Waals surface area contributed by atoms with Crippen molar-refractivity contribution in [2.24, 2.45) is 5.92 Å². The molecule has 0 bridgehead atoms. The summed E-state index contributed by atoms with van der Waals surface area (Å²) < 4.78 is 29.7. The molecule has 17 heavy (non-hydrogen) atoms. The number of hydrogen-bond donors (Lipinski definition) is 0. The van der Waals surface area contributed by atoms with E-state index in [4.69, 9.17) is 4.74 Å². The fraction of sp³-hybridized carbons (Fsp3) is 0.909. The van der Waals surface area contributed by atoms with Crippen molar-refractivity contribution < 1.29 is 17.9 Å². The molecule has 0 amide bonds. The van der Waals surface area contributed by atoms with Gasteiger partial charge >= 0.3 is 5.97 Å². The molecule has 1 heterocycles. The molecular formula is C11H21NO4S. The van der Waals surface area contributed by atoms with Crippen LogP contribution in [0.1, 0.15) is 41.0 Å². The van der Waals surface area contributed by atoms with Gasteiger partial charge in [0.2, 0.25) is 10.0 Å². The van der Waals surface area contributed by atoms with Gasteiger partial charge in [0, 0.05) is 0 Å². The lowest BCUT2D eigenvalue weighted by atomic mass is 10.0. The Morgan fingerprint density at radius 1 is 1.41 bits per heavy atom. The van der Waals surface area contributed by atoms with Gasteiger partial charge in [0.1, 0.15) is 6.04 Å². The monoisotopic (exact) mass is 263 g/mol. The summed E-state index contributed by atoms with van der Waals surface area (Å²) in [7, 11) is -3.52. The van der Waals surface area contributed by atoms with Crippen LogP contribution in [0.5, 0.6) is 0 Å². The minimum atomic E-state index is -3.52. The molecule has 1 aliphatic heterocycles. The van der Waals surface area contributed by atoms with E-state index in [0.29, 0.717) is 6.42 Å². The van der Waals surface area contributed by atoms with Crippen LogP contribution in [0.15, 0.2) is 0 Å². The second-order valence-electron chi connectivity index (χ2n) is 5.74. The summed E-state index contributed by atoms with van der Waals surface area (Å²) in [6.07, 6.45) is 0.494. The summed E-state index contributed by atoms with van der Waals surface area (Å²) >= 11 is 0. The van der Waals surface area contributed by atoms with E-state index in [1.807, 2.05) is 13.8 Å². The number of sulfonamides is 1. The van der Waals surface area contributed by atoms with Gasteiger partial charge < -0.3 is 4.74 Å². The van der Waals surface area contributed by atoms with Crippen molar-refractivity contribution in [2.45, 2.75) is 51.8 Å². The number of carbonyl (C=O) groups is 1. The third kappa shape index (κ3) is 2.80. The largest absolute Gasteiger partial charge is 0.447 e. The molecule has 6 heteroatoms. The Morgan fingerprint density at radius 3 is 2.35 bits per heavy atom. The van der Waals surface area contributed by atoms with Crippen LogP contribution in [-0.4, -0.2) is 36.2 Å². The van der Waals surface area contributed by atoms with Gasteiger partial charge in [0.05, 0.1) is 4.75 Å². The molecule has 1 atom stereocenters. The van der Waals surface area contributed by atoms with Gasteiger partial charge in [-0.15, -0.1) is 0 Å². The smallest absolute Gasteiger partial charge is 0.325 e. The molecule has 0 aromatic heterocycles. The highest BCUT2D eigenvalue weighted by molar-refractivity contribution is 7.90. The normalized spacial score (nSPS) is 23.2. The van der Waals surface area contributed by atoms with E-state index in [-0.39, 0.29) is 12.6 Å². The van der Waals surface area contributed by atoms with Crippen LogP contribution >= 0.6 is 0 Å². The van der Waals surface area contributed by atoms with Gasteiger partial charge in [0.25, 0.3) is 0 Å². The fourth-order valence-electron chi connectivity index (χ4n) is 1.68. The molecule has 0 aromatic carbocycles. The van der Waals surface area contributed by atoms with Crippen molar-refractivity contribution in [3.05, 3.63) is 0 Å². The first-order valence-corrected chi connectivity index (χ1v) is 7.19. The Balaban J connectivity index is 3.02. The maximum atomic E-state index is 12.3. The predicted molar refractivity (Wildman–Crippen MR) is 64.7 cm³/mol. The second-order valence-corrected chi connectivity index (χ2v) is 8.39. The SMILES string of the molecule is CC(C)C[C@H]1C(=O)OCN1S(=O)(=O)C(C)(C)C. The molecule has 5 nitrogen and oxygen atoms in total. The van der Waals surface area contributed by atoms with Crippen molar-refractivity contribution in [1.29, 1.82) is 0 Å². The Labute approximate surface area is 103 Å². The molecule has 1 saturated heterocycles. The second kappa shape index (κ2) is 4.57. The first kappa shape index (κ1) is 14.4. The highest BCUT2D eigenvalue weighted by atomic mass is 32.2. The average Bonchev–Trinajstić information content (AvgIpc) is 2.45. The highest BCUT2D eigenvalue weighted by Crippen LogP contribution is 2.28. The first-order valence-electron chi connectivity index (χ1n) is 5.75. The van der Waals surface area contributed by atoms with Gasteiger partial charge in [-0.1, -0.05) is 13.8 Å². The third-order valence-electron chi connectivity index (χ3n) is 2.73. The quantitative estimate of drug-likeness (QED) is 0.721. The zero-order valence-electron chi connectivity index (χ0n) is 11.1. The Hall–Kier alpha value is -0.620. The molecule has 0 aliphatic carbocycles. The average molecular weight is 263 g/mol. The summed E-state index contributed by atoms with van der Waals surface area (Å²) in [5.74, 6) is -0.199. The van der Waals surface area contributed by atoms with Gasteiger partial charge in [0.15, 0.2) is 6.73 Å². The van der Waals surface area contributed by atoms with Crippen LogP contribution in [0, 0.1) is 5.92 Å². The van der Waals surface area contributed by atoms with Crippen LogP contribution in [0.3, 0.4) is 0 Å². The maximum absolute atomic E-state index is 12.3. The fourth-order valence-corrected chi connectivity index (χ4v) is 3.08. The van der Waals surface area contributed by atoms with Gasteiger partial charge in [-0.3, -0.25) is 4.79 Å². The zero-order chi connectivity index (χ0) is 13.4. The molecule has 0 N–H and O–H groups in total. The predicted octanol–water partition coefficient (Wildman–Crippen LogP) is 1.35. The molecule has 0 saturated carbocycles. The van der Waals surface area contributed by atoms with Crippen molar-refractivity contribution in [2.75, 3.05) is 6.73 Å². The van der Waals surface area contributed by atoms with Gasteiger partial charge in [-0.25, -0.2) is 8.42 Å². The number of ether oxygens (including phenoxy) is 1. The summed E-state index contributed by atoms with van der Waals surface area (Å²) in [4.78, 5) is 11.6. The van der Waals surface area contributed by atoms with Crippen LogP contribution in [-0.2, 0) is 19.6 Å². The summed E-state index contributed by atoms with van der Waals surface area (Å²) in [6.45, 7) is 8.61. The van der Waals surface area contributed by atoms with E-state index in [9.17, 15) is 13.2 Å². The van der Waals surface area contributed by atoms with Gasteiger partial charge in [-0.2, -0.15) is 4.31 Å². The molecule has 0 radical (unpaired) electrons. The number of hydrogen-bond acceptors (Lipinski definition) is 4. The van der Waals surface area contributed by atoms with Crippen LogP contribution in [0.25, 0.3) is 0 Å². The van der Waals surface area contributed by atoms with E-state index in [0.717, 1.165) is 0 Å². The minimum absolute atomic E-state index is 0.157. The van der Waals surface area contributed by atoms with Crippen molar-refractivity contribution in [3.8, 4) is 0 Å². The lowest BCUT2D eigenvalue weighted by Gasteiger charge is -2.28. The maximum Gasteiger partial charge on any atom is 0.325 e. The number of nitrogens with zero attached hydrogens (tertiary/aromatic N) is 1. The highest BCUT2D eigenvalue weighted by Gasteiger charge is 2.46. The van der Waals surface area contributed by atoms with E-state index < -0.39 is 26.8 Å². The minimum Gasteiger partial charge on any atom is -0.447 e. The number of rotatable bonds is 3. The summed E-state index contributed by atoms with van der Waals surface area (Å²) in [5, 5.41) is 0. The van der Waals surface area contributed by atoms with Gasteiger partial charge in [-0.05, 0) is 33.1 Å². The molecular weight excluding hydrogens is 242 g/mol. The molecule has 1 fully saturated rings. The standard InChI is InChI=1S/C11H21NO4S/c1-8(2)6-9-10(13)16-7-12(9)17(14,15)11(3,4)5/h8-9H,6-7H2,1-5H3/t9-/m0/s1. The van der Waals surface area contributed by atoms with E-state index in [1.165, 1.54) is 4.31 Å². The summed E-state index contributed by atoms with van der Waals surface area (Å²) in [5.41, 5.74) is 0. The number of esters is 1. The topological polar surface area (TPSA) is 63.7 Å². The Morgan fingerprint density at radius 2 is 1.94 bits per heavy atom. The van der Waals surface area contributed by atoms with Crippen LogP contribution < -0.4 is 0 Å². The van der Waals surface area contributed by atoms with Crippen LogP contribution in [0.4, 0.5) is 0 Å². The third-order valence-corrected chi connectivity index (χ3v) is 5.26.